The lowest BCUT2D eigenvalue weighted by atomic mass is 9.69. The van der Waals surface area contributed by atoms with Crippen LogP contribution >= 0.6 is 7.82 Å². The number of hydrogen-bond donors (Lipinski definition) is 4. The first-order valence-corrected chi connectivity index (χ1v) is 13.1. The molecule has 0 bridgehead atoms. The highest BCUT2D eigenvalue weighted by Gasteiger charge is 2.38. The molecule has 2 atom stereocenters. The van der Waals surface area contributed by atoms with Crippen LogP contribution in [0.15, 0.2) is 67.0 Å². The van der Waals surface area contributed by atoms with Gasteiger partial charge >= 0.3 is 7.82 Å². The molecule has 1 aliphatic rings. The van der Waals surface area contributed by atoms with Crippen molar-refractivity contribution < 1.29 is 29.1 Å². The molecule has 0 spiro atoms. The number of benzene rings is 2. The molecule has 1 aromatic heterocycles. The van der Waals surface area contributed by atoms with Crippen LogP contribution in [-0.4, -0.2) is 41.8 Å². The molecule has 2 aromatic carbocycles. The van der Waals surface area contributed by atoms with E-state index < -0.39 is 25.6 Å². The number of aliphatic hydroxyl groups excluding tert-OH is 1. The summed E-state index contributed by atoms with van der Waals surface area (Å²) in [6.07, 6.45) is 7.51. The second kappa shape index (κ2) is 10.2. The summed E-state index contributed by atoms with van der Waals surface area (Å²) < 4.78 is 17.6. The Hall–Kier alpha value is -2.58. The van der Waals surface area contributed by atoms with Gasteiger partial charge in [-0.05, 0) is 54.9 Å². The first-order chi connectivity index (χ1) is 16.5. The molecule has 35 heavy (non-hydrogen) atoms. The van der Waals surface area contributed by atoms with Crippen molar-refractivity contribution >= 4 is 13.9 Å². The van der Waals surface area contributed by atoms with Crippen LogP contribution in [-0.2, 0) is 9.09 Å². The van der Waals surface area contributed by atoms with E-state index in [1.54, 1.807) is 23.8 Å². The van der Waals surface area contributed by atoms with Gasteiger partial charge in [-0.2, -0.15) is 0 Å². The molecule has 3 aromatic rings. The molecule has 0 saturated heterocycles. The Balaban J connectivity index is 1.47. The SMILES string of the molecule is C[C@H](O)c1nccn1[C@@H](/C=C/c1ccc(-c2ccc(C3CC(C)(O)C3)cc2)cc1)COP(=O)(O)O. The average molecular weight is 499 g/mol. The van der Waals surface area contributed by atoms with Gasteiger partial charge in [-0.25, -0.2) is 9.55 Å². The summed E-state index contributed by atoms with van der Waals surface area (Å²) in [6, 6.07) is 15.8. The lowest BCUT2D eigenvalue weighted by Crippen LogP contribution is -2.39. The zero-order valence-electron chi connectivity index (χ0n) is 19.7. The Morgan fingerprint density at radius 2 is 1.74 bits per heavy atom. The molecular formula is C26H31N2O6P. The maximum Gasteiger partial charge on any atom is 0.469 e. The van der Waals surface area contributed by atoms with Crippen LogP contribution in [0.5, 0.6) is 0 Å². The van der Waals surface area contributed by atoms with Gasteiger partial charge in [0.1, 0.15) is 11.9 Å². The van der Waals surface area contributed by atoms with Crippen molar-refractivity contribution in [2.24, 2.45) is 0 Å². The van der Waals surface area contributed by atoms with Crippen LogP contribution in [0, 0.1) is 0 Å². The molecule has 0 unspecified atom stereocenters. The zero-order chi connectivity index (χ0) is 25.2. The number of hydrogen-bond acceptors (Lipinski definition) is 5. The lowest BCUT2D eigenvalue weighted by Gasteiger charge is -2.41. The van der Waals surface area contributed by atoms with E-state index in [4.69, 9.17) is 14.3 Å². The fourth-order valence-corrected chi connectivity index (χ4v) is 4.87. The predicted octanol–water partition coefficient (Wildman–Crippen LogP) is 4.60. The summed E-state index contributed by atoms with van der Waals surface area (Å²) >= 11 is 0. The lowest BCUT2D eigenvalue weighted by molar-refractivity contribution is -0.0313. The smallest absolute Gasteiger partial charge is 0.390 e. The normalized spacial score (nSPS) is 22.2. The van der Waals surface area contributed by atoms with Gasteiger partial charge in [-0.3, -0.25) is 4.52 Å². The van der Waals surface area contributed by atoms with Crippen LogP contribution in [0.4, 0.5) is 0 Å². The summed E-state index contributed by atoms with van der Waals surface area (Å²) in [7, 11) is -4.65. The van der Waals surface area contributed by atoms with Crippen LogP contribution in [0.1, 0.15) is 61.7 Å². The molecule has 9 heteroatoms. The fourth-order valence-electron chi connectivity index (χ4n) is 4.52. The van der Waals surface area contributed by atoms with Gasteiger partial charge in [0.15, 0.2) is 0 Å². The van der Waals surface area contributed by atoms with Crippen LogP contribution in [0.25, 0.3) is 17.2 Å². The minimum Gasteiger partial charge on any atom is -0.390 e. The van der Waals surface area contributed by atoms with Gasteiger partial charge in [0.05, 0.1) is 18.2 Å². The summed E-state index contributed by atoms with van der Waals surface area (Å²) in [4.78, 5) is 22.4. The van der Waals surface area contributed by atoms with Crippen molar-refractivity contribution in [3.8, 4) is 11.1 Å². The van der Waals surface area contributed by atoms with Gasteiger partial charge in [0.25, 0.3) is 0 Å². The van der Waals surface area contributed by atoms with E-state index in [1.807, 2.05) is 37.3 Å². The van der Waals surface area contributed by atoms with E-state index in [1.165, 1.54) is 11.8 Å². The molecule has 1 aliphatic carbocycles. The summed E-state index contributed by atoms with van der Waals surface area (Å²) in [5, 5.41) is 19.9. The molecule has 0 amide bonds. The number of nitrogens with zero attached hydrogens (tertiary/aromatic N) is 2. The maximum atomic E-state index is 11.2. The molecule has 0 aliphatic heterocycles. The van der Waals surface area contributed by atoms with Gasteiger partial charge < -0.3 is 24.6 Å². The van der Waals surface area contributed by atoms with E-state index in [0.29, 0.717) is 11.7 Å². The van der Waals surface area contributed by atoms with Crippen molar-refractivity contribution in [2.75, 3.05) is 6.61 Å². The number of aliphatic hydroxyl groups is 2. The maximum absolute atomic E-state index is 11.2. The van der Waals surface area contributed by atoms with Crippen LogP contribution < -0.4 is 0 Å². The first-order valence-electron chi connectivity index (χ1n) is 11.5. The Labute approximate surface area is 204 Å². The molecule has 8 nitrogen and oxygen atoms in total. The molecule has 4 N–H and O–H groups in total. The van der Waals surface area contributed by atoms with E-state index in [0.717, 1.165) is 29.5 Å². The van der Waals surface area contributed by atoms with Gasteiger partial charge in [0.2, 0.25) is 0 Å². The number of aromatic nitrogens is 2. The monoisotopic (exact) mass is 498 g/mol. The average Bonchev–Trinajstić information content (AvgIpc) is 3.27. The molecule has 0 radical (unpaired) electrons. The standard InChI is InChI=1S/C26H31N2O6P/c1-18(29)25-27-13-14-28(25)24(17-34-35(31,32)33)12-5-19-3-6-20(7-4-19)21-8-10-22(11-9-21)23-15-26(2,30)16-23/h3-14,18,23-24,29-30H,15-17H2,1-2H3,(H2,31,32,33)/b12-5+/t18-,23?,24-,26?/m0/s1. The molecular weight excluding hydrogens is 467 g/mol. The largest absolute Gasteiger partial charge is 0.469 e. The van der Waals surface area contributed by atoms with E-state index in [9.17, 15) is 14.8 Å². The second-order valence-corrected chi connectivity index (χ2v) is 10.7. The van der Waals surface area contributed by atoms with Crippen LogP contribution in [0.2, 0.25) is 0 Å². The van der Waals surface area contributed by atoms with Crippen molar-refractivity contribution in [3.05, 3.63) is 84.0 Å². The van der Waals surface area contributed by atoms with Gasteiger partial charge in [0, 0.05) is 12.4 Å². The Morgan fingerprint density at radius 3 is 2.29 bits per heavy atom. The highest BCUT2D eigenvalue weighted by Crippen LogP contribution is 2.44. The van der Waals surface area contributed by atoms with Crippen molar-refractivity contribution in [1.82, 2.24) is 9.55 Å². The van der Waals surface area contributed by atoms with E-state index >= 15 is 0 Å². The molecule has 4 rings (SSSR count). The Kier molecular flexibility index (Phi) is 7.43. The third-order valence-electron chi connectivity index (χ3n) is 6.35. The zero-order valence-corrected chi connectivity index (χ0v) is 20.6. The molecule has 1 saturated carbocycles. The number of rotatable bonds is 9. The molecule has 1 heterocycles. The van der Waals surface area contributed by atoms with Gasteiger partial charge in [-0.1, -0.05) is 60.7 Å². The summed E-state index contributed by atoms with van der Waals surface area (Å²) in [5.41, 5.74) is 3.79. The quantitative estimate of drug-likeness (QED) is 0.318. The van der Waals surface area contributed by atoms with E-state index in [2.05, 4.69) is 29.2 Å². The first kappa shape index (κ1) is 25.5. The Morgan fingerprint density at radius 1 is 1.14 bits per heavy atom. The van der Waals surface area contributed by atoms with E-state index in [-0.39, 0.29) is 6.61 Å². The summed E-state index contributed by atoms with van der Waals surface area (Å²) in [6.45, 7) is 3.17. The highest BCUT2D eigenvalue weighted by molar-refractivity contribution is 7.46. The second-order valence-electron chi connectivity index (χ2n) is 9.43. The molecule has 186 valence electrons. The minimum absolute atomic E-state index is 0.280. The highest BCUT2D eigenvalue weighted by atomic mass is 31.2. The number of phosphoric acid groups is 1. The third-order valence-corrected chi connectivity index (χ3v) is 6.84. The van der Waals surface area contributed by atoms with Gasteiger partial charge in [-0.15, -0.1) is 0 Å². The van der Waals surface area contributed by atoms with Crippen molar-refractivity contribution in [3.63, 3.8) is 0 Å². The van der Waals surface area contributed by atoms with Crippen molar-refractivity contribution in [2.45, 2.75) is 50.4 Å². The summed E-state index contributed by atoms with van der Waals surface area (Å²) in [5.74, 6) is 0.789. The topological polar surface area (TPSA) is 125 Å². The van der Waals surface area contributed by atoms with Crippen molar-refractivity contribution in [1.29, 1.82) is 0 Å². The number of imidazole rings is 1. The fraction of sp³-hybridized carbons (Fsp3) is 0.346. The predicted molar refractivity (Wildman–Crippen MR) is 133 cm³/mol. The minimum atomic E-state index is -4.65. The Bertz CT molecular complexity index is 1200. The third kappa shape index (κ3) is 6.55. The van der Waals surface area contributed by atoms with Crippen LogP contribution in [0.3, 0.4) is 0 Å². The molecule has 1 fully saturated rings. The number of phosphoric ester groups is 1.